The smallest absolute Gasteiger partial charge is 0.0621 e. The number of rotatable bonds is 5. The Morgan fingerprint density at radius 3 is 2.53 bits per heavy atom. The number of aliphatic hydroxyl groups excluding tert-OH is 1. The molecule has 0 aromatic rings. The van der Waals surface area contributed by atoms with Gasteiger partial charge < -0.3 is 15.3 Å². The Balaban J connectivity index is 1.62. The van der Waals surface area contributed by atoms with E-state index in [0.29, 0.717) is 6.04 Å². The molecule has 0 saturated heterocycles. The lowest BCUT2D eigenvalue weighted by atomic mass is 9.64. The highest BCUT2D eigenvalue weighted by Gasteiger charge is 2.46. The molecule has 0 bridgehead atoms. The highest BCUT2D eigenvalue weighted by atomic mass is 16.3. The van der Waals surface area contributed by atoms with Crippen molar-refractivity contribution in [2.75, 3.05) is 20.1 Å². The second-order valence-electron chi connectivity index (χ2n) is 5.79. The van der Waals surface area contributed by atoms with Crippen molar-refractivity contribution in [3.05, 3.63) is 0 Å². The normalized spacial score (nSPS) is 34.2. The molecule has 0 amide bonds. The first-order valence-electron chi connectivity index (χ1n) is 6.13. The molecule has 2 unspecified atom stereocenters. The van der Waals surface area contributed by atoms with Gasteiger partial charge in [-0.25, -0.2) is 0 Å². The Morgan fingerprint density at radius 2 is 2.07 bits per heavy atom. The van der Waals surface area contributed by atoms with E-state index in [-0.39, 0.29) is 11.5 Å². The third-order valence-corrected chi connectivity index (χ3v) is 4.24. The zero-order valence-corrected chi connectivity index (χ0v) is 10.2. The second kappa shape index (κ2) is 4.04. The van der Waals surface area contributed by atoms with E-state index in [1.54, 1.807) is 0 Å². The van der Waals surface area contributed by atoms with E-state index in [9.17, 15) is 5.11 Å². The Kier molecular flexibility index (Phi) is 3.06. The number of hydrogen-bond donors (Lipinski definition) is 2. The van der Waals surface area contributed by atoms with Crippen molar-refractivity contribution in [3.63, 3.8) is 0 Å². The molecule has 15 heavy (non-hydrogen) atoms. The highest BCUT2D eigenvalue weighted by molar-refractivity contribution is 5.01. The summed E-state index contributed by atoms with van der Waals surface area (Å²) in [4.78, 5) is 2.44. The van der Waals surface area contributed by atoms with Crippen molar-refractivity contribution in [1.82, 2.24) is 10.2 Å². The summed E-state index contributed by atoms with van der Waals surface area (Å²) in [6, 6.07) is 1.35. The van der Waals surface area contributed by atoms with Gasteiger partial charge in [0.15, 0.2) is 0 Å². The van der Waals surface area contributed by atoms with Crippen molar-refractivity contribution < 1.29 is 5.11 Å². The summed E-state index contributed by atoms with van der Waals surface area (Å²) in [6.07, 6.45) is 3.56. The molecule has 0 radical (unpaired) electrons. The molecule has 2 aliphatic carbocycles. The number of nitrogens with one attached hydrogen (secondary N) is 1. The lowest BCUT2D eigenvalue weighted by molar-refractivity contribution is -0.0725. The molecule has 3 heteroatoms. The standard InChI is InChI=1S/C12H24N2O/c1-12(2)10(8-11(12)15)13-6-7-14(3)9-4-5-9/h9-11,13,15H,4-8H2,1-3H3. The van der Waals surface area contributed by atoms with Gasteiger partial charge >= 0.3 is 0 Å². The van der Waals surface area contributed by atoms with Crippen LogP contribution in [0, 0.1) is 5.41 Å². The van der Waals surface area contributed by atoms with E-state index in [0.717, 1.165) is 25.6 Å². The first kappa shape index (κ1) is 11.4. The topological polar surface area (TPSA) is 35.5 Å². The van der Waals surface area contributed by atoms with Gasteiger partial charge in [-0.15, -0.1) is 0 Å². The van der Waals surface area contributed by atoms with Crippen molar-refractivity contribution in [2.24, 2.45) is 5.41 Å². The van der Waals surface area contributed by atoms with Crippen LogP contribution in [-0.4, -0.2) is 48.3 Å². The average Bonchev–Trinajstić information content (AvgIpc) is 2.99. The van der Waals surface area contributed by atoms with Crippen LogP contribution in [0.3, 0.4) is 0 Å². The Bertz CT molecular complexity index is 226. The van der Waals surface area contributed by atoms with Crippen LogP contribution in [0.2, 0.25) is 0 Å². The summed E-state index contributed by atoms with van der Waals surface area (Å²) in [5.74, 6) is 0. The van der Waals surface area contributed by atoms with Crippen molar-refractivity contribution in [1.29, 1.82) is 0 Å². The summed E-state index contributed by atoms with van der Waals surface area (Å²) in [6.45, 7) is 6.47. The molecule has 2 atom stereocenters. The maximum Gasteiger partial charge on any atom is 0.0621 e. The predicted octanol–water partition coefficient (Wildman–Crippen LogP) is 0.830. The summed E-state index contributed by atoms with van der Waals surface area (Å²) in [5.41, 5.74) is 0.0676. The molecule has 2 fully saturated rings. The lowest BCUT2D eigenvalue weighted by Gasteiger charge is -2.49. The van der Waals surface area contributed by atoms with Gasteiger partial charge in [-0.3, -0.25) is 0 Å². The molecule has 0 heterocycles. The van der Waals surface area contributed by atoms with Gasteiger partial charge in [0.05, 0.1) is 6.10 Å². The van der Waals surface area contributed by atoms with Crippen LogP contribution < -0.4 is 5.32 Å². The molecule has 88 valence electrons. The van der Waals surface area contributed by atoms with Crippen molar-refractivity contribution >= 4 is 0 Å². The maximum atomic E-state index is 9.60. The van der Waals surface area contributed by atoms with E-state index in [2.05, 4.69) is 31.1 Å². The average molecular weight is 212 g/mol. The van der Waals surface area contributed by atoms with Crippen LogP contribution in [0.4, 0.5) is 0 Å². The fraction of sp³-hybridized carbons (Fsp3) is 1.00. The molecule has 2 N–H and O–H groups in total. The van der Waals surface area contributed by atoms with Gasteiger partial charge in [-0.05, 0) is 26.3 Å². The van der Waals surface area contributed by atoms with E-state index in [1.807, 2.05) is 0 Å². The SMILES string of the molecule is CN(CCNC1CC(O)C1(C)C)C1CC1. The van der Waals surface area contributed by atoms with Gasteiger partial charge in [0, 0.05) is 30.6 Å². The lowest BCUT2D eigenvalue weighted by Crippen LogP contribution is -2.60. The van der Waals surface area contributed by atoms with Gasteiger partial charge in [0.25, 0.3) is 0 Å². The number of likely N-dealkylation sites (N-methyl/N-ethyl adjacent to an activating group) is 1. The monoisotopic (exact) mass is 212 g/mol. The molecule has 0 aromatic carbocycles. The zero-order chi connectivity index (χ0) is 11.1. The molecule has 2 aliphatic rings. The van der Waals surface area contributed by atoms with E-state index in [1.165, 1.54) is 12.8 Å². The minimum Gasteiger partial charge on any atom is -0.392 e. The number of aliphatic hydroxyl groups is 1. The van der Waals surface area contributed by atoms with Crippen LogP contribution >= 0.6 is 0 Å². The first-order chi connectivity index (χ1) is 7.01. The molecule has 3 nitrogen and oxygen atoms in total. The Morgan fingerprint density at radius 1 is 1.40 bits per heavy atom. The quantitative estimate of drug-likeness (QED) is 0.708. The van der Waals surface area contributed by atoms with Crippen molar-refractivity contribution in [3.8, 4) is 0 Å². The summed E-state index contributed by atoms with van der Waals surface area (Å²) in [5, 5.41) is 13.2. The highest BCUT2D eigenvalue weighted by Crippen LogP contribution is 2.40. The molecular weight excluding hydrogens is 188 g/mol. The first-order valence-corrected chi connectivity index (χ1v) is 6.13. The molecular formula is C12H24N2O. The fourth-order valence-electron chi connectivity index (χ4n) is 2.36. The number of nitrogens with zero attached hydrogens (tertiary/aromatic N) is 1. The molecule has 0 spiro atoms. The van der Waals surface area contributed by atoms with Gasteiger partial charge in [0.2, 0.25) is 0 Å². The molecule has 0 aromatic heterocycles. The van der Waals surface area contributed by atoms with Gasteiger partial charge in [0.1, 0.15) is 0 Å². The van der Waals surface area contributed by atoms with Crippen LogP contribution in [-0.2, 0) is 0 Å². The molecule has 2 saturated carbocycles. The minimum atomic E-state index is -0.115. The summed E-state index contributed by atoms with van der Waals surface area (Å²) >= 11 is 0. The predicted molar refractivity (Wildman–Crippen MR) is 61.8 cm³/mol. The Hall–Kier alpha value is -0.120. The third kappa shape index (κ3) is 2.35. The summed E-state index contributed by atoms with van der Waals surface area (Å²) < 4.78 is 0. The van der Waals surface area contributed by atoms with Crippen LogP contribution in [0.15, 0.2) is 0 Å². The van der Waals surface area contributed by atoms with Crippen LogP contribution in [0.5, 0.6) is 0 Å². The summed E-state index contributed by atoms with van der Waals surface area (Å²) in [7, 11) is 2.21. The second-order valence-corrected chi connectivity index (χ2v) is 5.79. The van der Waals surface area contributed by atoms with E-state index in [4.69, 9.17) is 0 Å². The Labute approximate surface area is 92.8 Å². The van der Waals surface area contributed by atoms with Gasteiger partial charge in [-0.1, -0.05) is 13.8 Å². The fourth-order valence-corrected chi connectivity index (χ4v) is 2.36. The number of hydrogen-bond acceptors (Lipinski definition) is 3. The van der Waals surface area contributed by atoms with Crippen LogP contribution in [0.1, 0.15) is 33.1 Å². The third-order valence-electron chi connectivity index (χ3n) is 4.24. The van der Waals surface area contributed by atoms with Crippen molar-refractivity contribution in [2.45, 2.75) is 51.3 Å². The van der Waals surface area contributed by atoms with E-state index < -0.39 is 0 Å². The minimum absolute atomic E-state index is 0.0676. The molecule has 0 aliphatic heterocycles. The van der Waals surface area contributed by atoms with Gasteiger partial charge in [-0.2, -0.15) is 0 Å². The zero-order valence-electron chi connectivity index (χ0n) is 10.2. The largest absolute Gasteiger partial charge is 0.392 e. The maximum absolute atomic E-state index is 9.60. The molecule has 2 rings (SSSR count). The van der Waals surface area contributed by atoms with Crippen LogP contribution in [0.25, 0.3) is 0 Å². The van der Waals surface area contributed by atoms with E-state index >= 15 is 0 Å².